The molecule has 6 heteroatoms. The molecule has 0 radical (unpaired) electrons. The first-order valence-electron chi connectivity index (χ1n) is 6.82. The van der Waals surface area contributed by atoms with E-state index in [0.29, 0.717) is 17.3 Å². The number of hydrogen-bond acceptors (Lipinski definition) is 6. The second-order valence-electron chi connectivity index (χ2n) is 5.23. The summed E-state index contributed by atoms with van der Waals surface area (Å²) in [7, 11) is 0. The van der Waals surface area contributed by atoms with Crippen molar-refractivity contribution in [3.8, 4) is 6.07 Å². The number of piperidine rings is 1. The van der Waals surface area contributed by atoms with Gasteiger partial charge in [0.2, 0.25) is 0 Å². The lowest BCUT2D eigenvalue weighted by molar-refractivity contribution is 0.204. The van der Waals surface area contributed by atoms with Crippen LogP contribution in [0.2, 0.25) is 0 Å². The fraction of sp³-hybridized carbons (Fsp3) is 0.692. The highest BCUT2D eigenvalue weighted by Gasteiger charge is 2.15. The van der Waals surface area contributed by atoms with Crippen LogP contribution in [0, 0.1) is 17.2 Å². The number of rotatable bonds is 5. The fourth-order valence-corrected chi connectivity index (χ4v) is 3.12. The highest BCUT2D eigenvalue weighted by atomic mass is 32.1. The maximum absolute atomic E-state index is 9.00. The molecule has 1 fully saturated rings. The van der Waals surface area contributed by atoms with Crippen molar-refractivity contribution in [3.63, 3.8) is 0 Å². The topological polar surface area (TPSA) is 78.0 Å². The van der Waals surface area contributed by atoms with Gasteiger partial charge in [0, 0.05) is 13.1 Å². The highest BCUT2D eigenvalue weighted by Crippen LogP contribution is 2.25. The summed E-state index contributed by atoms with van der Waals surface area (Å²) in [5.74, 6) is 0.881. The Bertz CT molecular complexity index is 444. The third-order valence-corrected chi connectivity index (χ3v) is 4.28. The average molecular weight is 279 g/mol. The van der Waals surface area contributed by atoms with Crippen LogP contribution in [0.4, 0.5) is 10.8 Å². The van der Waals surface area contributed by atoms with Gasteiger partial charge in [-0.3, -0.25) is 0 Å². The molecule has 5 nitrogen and oxygen atoms in total. The van der Waals surface area contributed by atoms with Crippen molar-refractivity contribution < 1.29 is 0 Å². The van der Waals surface area contributed by atoms with E-state index in [1.54, 1.807) is 0 Å². The molecule has 1 aliphatic heterocycles. The van der Waals surface area contributed by atoms with Gasteiger partial charge in [-0.1, -0.05) is 13.3 Å². The number of nitrogen functional groups attached to an aromatic ring is 1. The van der Waals surface area contributed by atoms with E-state index in [1.807, 2.05) is 0 Å². The SMILES string of the molecule is CC(CNc1snc(N)c1C#N)CN1CCCCC1. The van der Waals surface area contributed by atoms with Gasteiger partial charge in [-0.05, 0) is 43.4 Å². The molecule has 3 N–H and O–H groups in total. The second-order valence-corrected chi connectivity index (χ2v) is 6.00. The molecule has 0 saturated carbocycles. The Kier molecular flexibility index (Phi) is 5.00. The monoisotopic (exact) mass is 279 g/mol. The van der Waals surface area contributed by atoms with Crippen LogP contribution in [0.5, 0.6) is 0 Å². The molecule has 0 bridgehead atoms. The largest absolute Gasteiger partial charge is 0.382 e. The van der Waals surface area contributed by atoms with Crippen LogP contribution in [0.15, 0.2) is 0 Å². The zero-order chi connectivity index (χ0) is 13.7. The highest BCUT2D eigenvalue weighted by molar-refractivity contribution is 7.10. The van der Waals surface area contributed by atoms with Crippen molar-refractivity contribution in [2.75, 3.05) is 37.2 Å². The summed E-state index contributed by atoms with van der Waals surface area (Å²) in [6.07, 6.45) is 4.02. The molecule has 1 aromatic heterocycles. The second kappa shape index (κ2) is 6.73. The Labute approximate surface area is 118 Å². The molecule has 0 spiro atoms. The third-order valence-electron chi connectivity index (χ3n) is 3.46. The standard InChI is InChI=1S/C13H21N5S/c1-10(9-18-5-3-2-4-6-18)8-16-13-11(7-14)12(15)17-19-13/h10,16H,2-6,8-9H2,1H3,(H2,15,17). The summed E-state index contributed by atoms with van der Waals surface area (Å²) >= 11 is 1.27. The lowest BCUT2D eigenvalue weighted by Crippen LogP contribution is -2.35. The number of hydrogen-bond donors (Lipinski definition) is 2. The number of nitrogens with one attached hydrogen (secondary N) is 1. The first-order valence-corrected chi connectivity index (χ1v) is 7.59. The summed E-state index contributed by atoms with van der Waals surface area (Å²) in [5, 5.41) is 13.1. The van der Waals surface area contributed by atoms with Gasteiger partial charge in [-0.15, -0.1) is 0 Å². The van der Waals surface area contributed by atoms with Crippen LogP contribution in [0.1, 0.15) is 31.7 Å². The predicted octanol–water partition coefficient (Wildman–Crippen LogP) is 2.13. The van der Waals surface area contributed by atoms with E-state index < -0.39 is 0 Å². The molecule has 2 heterocycles. The molecule has 1 atom stereocenters. The summed E-state index contributed by atoms with van der Waals surface area (Å²) in [4.78, 5) is 2.53. The predicted molar refractivity (Wildman–Crippen MR) is 79.2 cm³/mol. The number of aromatic nitrogens is 1. The molecule has 1 unspecified atom stereocenters. The van der Waals surface area contributed by atoms with Crippen LogP contribution < -0.4 is 11.1 Å². The van der Waals surface area contributed by atoms with Crippen molar-refractivity contribution in [2.24, 2.45) is 5.92 Å². The summed E-state index contributed by atoms with van der Waals surface area (Å²) in [6.45, 7) is 6.65. The van der Waals surface area contributed by atoms with Gasteiger partial charge in [0.1, 0.15) is 16.6 Å². The van der Waals surface area contributed by atoms with Gasteiger partial charge >= 0.3 is 0 Å². The van der Waals surface area contributed by atoms with Crippen LogP contribution in [0.3, 0.4) is 0 Å². The van der Waals surface area contributed by atoms with Gasteiger partial charge in [0.25, 0.3) is 0 Å². The van der Waals surface area contributed by atoms with Gasteiger partial charge in [-0.25, -0.2) is 0 Å². The Morgan fingerprint density at radius 3 is 2.89 bits per heavy atom. The molecule has 0 aliphatic carbocycles. The van der Waals surface area contributed by atoms with Crippen molar-refractivity contribution in [1.82, 2.24) is 9.27 Å². The fourth-order valence-electron chi connectivity index (χ4n) is 2.45. The Morgan fingerprint density at radius 1 is 1.47 bits per heavy atom. The summed E-state index contributed by atoms with van der Waals surface area (Å²) < 4.78 is 4.01. The molecule has 0 aromatic carbocycles. The van der Waals surface area contributed by atoms with Crippen molar-refractivity contribution in [2.45, 2.75) is 26.2 Å². The molecule has 0 amide bonds. The molecule has 1 saturated heterocycles. The van der Waals surface area contributed by atoms with Crippen LogP contribution in [-0.2, 0) is 0 Å². The van der Waals surface area contributed by atoms with Crippen LogP contribution >= 0.6 is 11.5 Å². The van der Waals surface area contributed by atoms with Crippen molar-refractivity contribution in [1.29, 1.82) is 5.26 Å². The maximum Gasteiger partial charge on any atom is 0.157 e. The zero-order valence-corrected chi connectivity index (χ0v) is 12.2. The number of likely N-dealkylation sites (tertiary alicyclic amines) is 1. The molecule has 2 rings (SSSR count). The molecular formula is C13H21N5S. The van der Waals surface area contributed by atoms with Crippen LogP contribution in [0.25, 0.3) is 0 Å². The first kappa shape index (κ1) is 14.1. The smallest absolute Gasteiger partial charge is 0.157 e. The lowest BCUT2D eigenvalue weighted by Gasteiger charge is -2.29. The molecule has 1 aliphatic rings. The molecule has 19 heavy (non-hydrogen) atoms. The van der Waals surface area contributed by atoms with Crippen molar-refractivity contribution >= 4 is 22.4 Å². The van der Waals surface area contributed by atoms with E-state index in [2.05, 4.69) is 27.6 Å². The van der Waals surface area contributed by atoms with E-state index in [1.165, 1.54) is 43.9 Å². The quantitative estimate of drug-likeness (QED) is 0.863. The minimum atomic E-state index is 0.332. The number of nitriles is 1. The van der Waals surface area contributed by atoms with E-state index in [9.17, 15) is 0 Å². The minimum absolute atomic E-state index is 0.332. The maximum atomic E-state index is 9.00. The summed E-state index contributed by atoms with van der Waals surface area (Å²) in [5.41, 5.74) is 6.12. The lowest BCUT2D eigenvalue weighted by atomic mass is 10.1. The van der Waals surface area contributed by atoms with Gasteiger partial charge in [0.05, 0.1) is 0 Å². The number of nitrogens with two attached hydrogens (primary N) is 1. The van der Waals surface area contributed by atoms with Crippen LogP contribution in [-0.4, -0.2) is 35.5 Å². The Morgan fingerprint density at radius 2 is 2.21 bits per heavy atom. The summed E-state index contributed by atoms with van der Waals surface area (Å²) in [6, 6.07) is 2.10. The Balaban J connectivity index is 1.79. The average Bonchev–Trinajstić information content (AvgIpc) is 2.78. The number of anilines is 2. The molecule has 104 valence electrons. The third kappa shape index (κ3) is 3.82. The Hall–Kier alpha value is -1.32. The van der Waals surface area contributed by atoms with Crippen molar-refractivity contribution in [3.05, 3.63) is 5.56 Å². The van der Waals surface area contributed by atoms with E-state index in [4.69, 9.17) is 11.0 Å². The zero-order valence-electron chi connectivity index (χ0n) is 11.4. The van der Waals surface area contributed by atoms with E-state index in [0.717, 1.165) is 18.1 Å². The molecule has 1 aromatic rings. The normalized spacial score (nSPS) is 17.9. The van der Waals surface area contributed by atoms with Gasteiger partial charge < -0.3 is 16.0 Å². The van der Waals surface area contributed by atoms with Gasteiger partial charge in [-0.2, -0.15) is 9.64 Å². The molecular weight excluding hydrogens is 258 g/mol. The minimum Gasteiger partial charge on any atom is -0.382 e. The first-order chi connectivity index (χ1) is 9.20. The van der Waals surface area contributed by atoms with Gasteiger partial charge in [0.15, 0.2) is 5.82 Å². The van der Waals surface area contributed by atoms with E-state index >= 15 is 0 Å². The number of nitrogens with zero attached hydrogens (tertiary/aromatic N) is 3. The van der Waals surface area contributed by atoms with E-state index in [-0.39, 0.29) is 0 Å².